The van der Waals surface area contributed by atoms with Gasteiger partial charge in [-0.1, -0.05) is 11.6 Å². The molecule has 1 aromatic heterocycles. The quantitative estimate of drug-likeness (QED) is 0.678. The van der Waals surface area contributed by atoms with E-state index in [0.29, 0.717) is 11.1 Å². The minimum absolute atomic E-state index is 0.0439. The molecule has 0 saturated carbocycles. The first-order valence-electron chi connectivity index (χ1n) is 6.20. The second-order valence-electron chi connectivity index (χ2n) is 4.87. The zero-order chi connectivity index (χ0) is 12.7. The summed E-state index contributed by atoms with van der Waals surface area (Å²) >= 11 is 6.23. The lowest BCUT2D eigenvalue weighted by Gasteiger charge is -2.33. The van der Waals surface area contributed by atoms with Gasteiger partial charge in [0, 0.05) is 18.3 Å². The lowest BCUT2D eigenvalue weighted by atomic mass is 9.81. The Morgan fingerprint density at radius 1 is 1.56 bits per heavy atom. The van der Waals surface area contributed by atoms with Crippen LogP contribution in [0.2, 0.25) is 5.15 Å². The smallest absolute Gasteiger partial charge is 0.410 e. The molecule has 1 amide bonds. The molecule has 3 rings (SSSR count). The van der Waals surface area contributed by atoms with Crippen LogP contribution in [0.25, 0.3) is 0 Å². The molecule has 0 radical (unpaired) electrons. The standard InChI is InChI=1S/C13H15ClN2O2/c1-18-13(17)16-7-5-9-3-2-8-4-6-15-12(14)10(8)11(9)16/h4,6,9,11H,2-3,5,7H2,1H3/t9-,11+/m0/s1. The summed E-state index contributed by atoms with van der Waals surface area (Å²) in [5.74, 6) is 0.485. The van der Waals surface area contributed by atoms with Crippen molar-refractivity contribution in [2.24, 2.45) is 5.92 Å². The zero-order valence-corrected chi connectivity index (χ0v) is 11.0. The Hall–Kier alpha value is -1.29. The molecule has 2 aliphatic rings. The first-order valence-corrected chi connectivity index (χ1v) is 6.58. The fourth-order valence-corrected chi connectivity index (χ4v) is 3.52. The van der Waals surface area contributed by atoms with Crippen molar-refractivity contribution in [1.29, 1.82) is 0 Å². The third-order valence-corrected chi connectivity index (χ3v) is 4.35. The highest BCUT2D eigenvalue weighted by molar-refractivity contribution is 6.30. The van der Waals surface area contributed by atoms with E-state index in [4.69, 9.17) is 16.3 Å². The van der Waals surface area contributed by atoms with Crippen LogP contribution in [0.1, 0.15) is 30.0 Å². The maximum atomic E-state index is 11.8. The topological polar surface area (TPSA) is 42.4 Å². The van der Waals surface area contributed by atoms with Crippen molar-refractivity contribution in [3.63, 3.8) is 0 Å². The Morgan fingerprint density at radius 2 is 2.39 bits per heavy atom. The van der Waals surface area contributed by atoms with E-state index in [1.807, 2.05) is 6.07 Å². The minimum Gasteiger partial charge on any atom is -0.453 e. The van der Waals surface area contributed by atoms with Gasteiger partial charge in [-0.3, -0.25) is 0 Å². The van der Waals surface area contributed by atoms with Gasteiger partial charge >= 0.3 is 6.09 Å². The number of ether oxygens (including phenoxy) is 1. The van der Waals surface area contributed by atoms with Gasteiger partial charge in [0.1, 0.15) is 5.15 Å². The number of amides is 1. The number of likely N-dealkylation sites (tertiary alicyclic amines) is 1. The normalized spacial score (nSPS) is 25.6. The minimum atomic E-state index is -0.268. The van der Waals surface area contributed by atoms with Crippen molar-refractivity contribution in [3.8, 4) is 0 Å². The predicted octanol–water partition coefficient (Wildman–Crippen LogP) is 2.81. The number of hydrogen-bond donors (Lipinski definition) is 0. The molecule has 1 fully saturated rings. The van der Waals surface area contributed by atoms with E-state index in [2.05, 4.69) is 4.98 Å². The number of rotatable bonds is 0. The van der Waals surface area contributed by atoms with E-state index in [0.717, 1.165) is 31.4 Å². The lowest BCUT2D eigenvalue weighted by Crippen LogP contribution is -2.34. The van der Waals surface area contributed by atoms with E-state index in [1.165, 1.54) is 12.7 Å². The van der Waals surface area contributed by atoms with Crippen molar-refractivity contribution in [2.75, 3.05) is 13.7 Å². The van der Waals surface area contributed by atoms with Crippen molar-refractivity contribution in [1.82, 2.24) is 9.88 Å². The summed E-state index contributed by atoms with van der Waals surface area (Å²) in [5, 5.41) is 0.526. The van der Waals surface area contributed by atoms with Gasteiger partial charge in [0.05, 0.1) is 13.2 Å². The molecule has 96 valence electrons. The van der Waals surface area contributed by atoms with E-state index in [9.17, 15) is 4.79 Å². The van der Waals surface area contributed by atoms with Gasteiger partial charge in [-0.05, 0) is 36.8 Å². The van der Waals surface area contributed by atoms with Gasteiger partial charge in [-0.2, -0.15) is 0 Å². The van der Waals surface area contributed by atoms with E-state index in [-0.39, 0.29) is 12.1 Å². The number of aryl methyl sites for hydroxylation is 1. The Labute approximate surface area is 111 Å². The van der Waals surface area contributed by atoms with Crippen LogP contribution in [0, 0.1) is 5.92 Å². The van der Waals surface area contributed by atoms with Crippen LogP contribution in [-0.4, -0.2) is 29.6 Å². The largest absolute Gasteiger partial charge is 0.453 e. The van der Waals surface area contributed by atoms with Gasteiger partial charge in [0.25, 0.3) is 0 Å². The van der Waals surface area contributed by atoms with Gasteiger partial charge < -0.3 is 9.64 Å². The Morgan fingerprint density at radius 3 is 3.17 bits per heavy atom. The molecule has 18 heavy (non-hydrogen) atoms. The molecule has 0 bridgehead atoms. The number of fused-ring (bicyclic) bond motifs is 3. The lowest BCUT2D eigenvalue weighted by molar-refractivity contribution is 0.112. The molecule has 5 heteroatoms. The number of methoxy groups -OCH3 is 1. The molecule has 1 aromatic rings. The number of nitrogens with zero attached hydrogens (tertiary/aromatic N) is 2. The number of carbonyl (C=O) groups excluding carboxylic acids is 1. The van der Waals surface area contributed by atoms with Gasteiger partial charge in [0.2, 0.25) is 0 Å². The molecule has 1 saturated heterocycles. The maximum Gasteiger partial charge on any atom is 0.410 e. The first kappa shape index (κ1) is 11.8. The summed E-state index contributed by atoms with van der Waals surface area (Å²) in [5.41, 5.74) is 2.24. The van der Waals surface area contributed by atoms with Crippen molar-refractivity contribution in [3.05, 3.63) is 28.5 Å². The molecule has 0 unspecified atom stereocenters. The van der Waals surface area contributed by atoms with Gasteiger partial charge in [-0.15, -0.1) is 0 Å². The van der Waals surface area contributed by atoms with E-state index < -0.39 is 0 Å². The second kappa shape index (κ2) is 4.43. The summed E-state index contributed by atoms with van der Waals surface area (Å²) < 4.78 is 4.86. The van der Waals surface area contributed by atoms with Crippen LogP contribution in [0.4, 0.5) is 4.79 Å². The number of hydrogen-bond acceptors (Lipinski definition) is 3. The molecule has 2 heterocycles. The molecular weight excluding hydrogens is 252 g/mol. The monoisotopic (exact) mass is 266 g/mol. The third kappa shape index (κ3) is 1.67. The van der Waals surface area contributed by atoms with Crippen LogP contribution in [0.15, 0.2) is 12.3 Å². The molecule has 0 aromatic carbocycles. The number of carbonyl (C=O) groups is 1. The van der Waals surface area contributed by atoms with Crippen LogP contribution in [-0.2, 0) is 11.2 Å². The SMILES string of the molecule is COC(=O)N1CC[C@@H]2CCc3ccnc(Cl)c3[C@@H]21. The highest BCUT2D eigenvalue weighted by Crippen LogP contribution is 2.46. The molecule has 4 nitrogen and oxygen atoms in total. The van der Waals surface area contributed by atoms with Gasteiger partial charge in [0.15, 0.2) is 0 Å². The van der Waals surface area contributed by atoms with Gasteiger partial charge in [-0.25, -0.2) is 9.78 Å². The number of pyridine rings is 1. The molecule has 1 aliphatic carbocycles. The van der Waals surface area contributed by atoms with Crippen LogP contribution in [0.3, 0.4) is 0 Å². The Kier molecular flexibility index (Phi) is 2.90. The van der Waals surface area contributed by atoms with Crippen molar-refractivity contribution in [2.45, 2.75) is 25.3 Å². The third-order valence-electron chi connectivity index (χ3n) is 4.04. The highest BCUT2D eigenvalue weighted by atomic mass is 35.5. The first-order chi connectivity index (χ1) is 8.72. The molecule has 0 spiro atoms. The summed E-state index contributed by atoms with van der Waals surface area (Å²) in [4.78, 5) is 17.8. The Balaban J connectivity index is 2.05. The molecule has 2 atom stereocenters. The van der Waals surface area contributed by atoms with E-state index >= 15 is 0 Å². The molecule has 1 aliphatic heterocycles. The Bertz CT molecular complexity index is 492. The average molecular weight is 267 g/mol. The molecule has 0 N–H and O–H groups in total. The van der Waals surface area contributed by atoms with Crippen molar-refractivity contribution < 1.29 is 9.53 Å². The van der Waals surface area contributed by atoms with Crippen LogP contribution < -0.4 is 0 Å². The fourth-order valence-electron chi connectivity index (χ4n) is 3.23. The highest BCUT2D eigenvalue weighted by Gasteiger charge is 2.42. The summed E-state index contributed by atoms with van der Waals surface area (Å²) in [6.45, 7) is 0.743. The summed E-state index contributed by atoms with van der Waals surface area (Å²) in [7, 11) is 1.42. The van der Waals surface area contributed by atoms with Crippen molar-refractivity contribution >= 4 is 17.7 Å². The average Bonchev–Trinajstić information content (AvgIpc) is 2.82. The zero-order valence-electron chi connectivity index (χ0n) is 10.2. The van der Waals surface area contributed by atoms with Crippen LogP contribution in [0.5, 0.6) is 0 Å². The summed E-state index contributed by atoms with van der Waals surface area (Å²) in [6.07, 6.45) is 4.61. The van der Waals surface area contributed by atoms with E-state index in [1.54, 1.807) is 11.1 Å². The second-order valence-corrected chi connectivity index (χ2v) is 5.23. The maximum absolute atomic E-state index is 11.8. The number of halogens is 1. The summed E-state index contributed by atoms with van der Waals surface area (Å²) in [6, 6.07) is 2.05. The predicted molar refractivity (Wildman–Crippen MR) is 67.5 cm³/mol. The fraction of sp³-hybridized carbons (Fsp3) is 0.538. The number of aromatic nitrogens is 1. The molecular formula is C13H15ClN2O2. The van der Waals surface area contributed by atoms with Crippen LogP contribution >= 0.6 is 11.6 Å².